The number of nitrogens with one attached hydrogen (secondary N) is 1. The number of carboxylic acids is 1. The summed E-state index contributed by atoms with van der Waals surface area (Å²) in [6, 6.07) is 0. The monoisotopic (exact) mass is 611 g/mol. The van der Waals surface area contributed by atoms with Crippen molar-refractivity contribution in [1.82, 2.24) is 5.32 Å². The largest absolute Gasteiger partial charge is 0.481 e. The molecule has 1 fully saturated rings. The van der Waals surface area contributed by atoms with Gasteiger partial charge in [-0.05, 0) is 45.1 Å². The molecule has 11 heteroatoms. The maximum absolute atomic E-state index is 16.1. The van der Waals surface area contributed by atoms with Crippen molar-refractivity contribution in [3.05, 3.63) is 0 Å². The van der Waals surface area contributed by atoms with E-state index in [1.165, 1.54) is 0 Å². The average molecular weight is 612 g/mol. The van der Waals surface area contributed by atoms with Gasteiger partial charge < -0.3 is 39.2 Å². The smallest absolute Gasteiger partial charge is 0.315 e. The van der Waals surface area contributed by atoms with Crippen LogP contribution in [0, 0.1) is 5.92 Å². The van der Waals surface area contributed by atoms with Gasteiger partial charge in [-0.15, -0.1) is 0 Å². The van der Waals surface area contributed by atoms with Gasteiger partial charge in [0.05, 0.1) is 19.1 Å². The summed E-state index contributed by atoms with van der Waals surface area (Å²) in [4.78, 5) is 11.0. The van der Waals surface area contributed by atoms with Crippen LogP contribution in [0.5, 0.6) is 0 Å². The standard InChI is InChI=1S/C31H59F2NO8/c1-6-10-18-38-22-25-26(39-19-11-7-2)27(40-20-12-8-3)28(41-21-13-9-4)31(37,42-25)30(32,33)23-34-17-15-14-16-24(5)29(35)36/h24-28,34,37H,6-23H2,1-5H3,(H,35,36)/t24-,25+,26-,27-,28+,31+/m0/s1. The molecule has 0 spiro atoms. The molecule has 0 radical (unpaired) electrons. The lowest BCUT2D eigenvalue weighted by molar-refractivity contribution is -0.420. The Balaban J connectivity index is 3.23. The molecule has 250 valence electrons. The molecule has 0 amide bonds. The number of hydrogen-bond donors (Lipinski definition) is 3. The zero-order valence-corrected chi connectivity index (χ0v) is 26.7. The van der Waals surface area contributed by atoms with E-state index in [2.05, 4.69) is 5.32 Å². The van der Waals surface area contributed by atoms with E-state index >= 15 is 8.78 Å². The first-order chi connectivity index (χ1) is 20.1. The van der Waals surface area contributed by atoms with Crippen LogP contribution >= 0.6 is 0 Å². The summed E-state index contributed by atoms with van der Waals surface area (Å²) in [5.41, 5.74) is 0. The Morgan fingerprint density at radius 1 is 0.881 bits per heavy atom. The highest BCUT2D eigenvalue weighted by atomic mass is 19.3. The lowest BCUT2D eigenvalue weighted by atomic mass is 9.87. The third-order valence-electron chi connectivity index (χ3n) is 7.57. The van der Waals surface area contributed by atoms with Gasteiger partial charge in [-0.2, -0.15) is 8.78 Å². The number of carbonyl (C=O) groups is 1. The zero-order valence-electron chi connectivity index (χ0n) is 26.7. The molecule has 0 aliphatic carbocycles. The molecule has 0 unspecified atom stereocenters. The van der Waals surface area contributed by atoms with Crippen LogP contribution < -0.4 is 5.32 Å². The van der Waals surface area contributed by atoms with E-state index < -0.39 is 54.6 Å². The van der Waals surface area contributed by atoms with Gasteiger partial charge in [0.2, 0.25) is 0 Å². The summed E-state index contributed by atoms with van der Waals surface area (Å²) in [6.07, 6.45) is 3.70. The number of aliphatic carboxylic acids is 1. The van der Waals surface area contributed by atoms with Gasteiger partial charge in [-0.3, -0.25) is 4.79 Å². The van der Waals surface area contributed by atoms with Crippen LogP contribution in [-0.4, -0.2) is 98.4 Å². The van der Waals surface area contributed by atoms with Crippen molar-refractivity contribution in [2.24, 2.45) is 5.92 Å². The molecule has 9 nitrogen and oxygen atoms in total. The van der Waals surface area contributed by atoms with Gasteiger partial charge in [-0.1, -0.05) is 66.7 Å². The summed E-state index contributed by atoms with van der Waals surface area (Å²) < 4.78 is 62.3. The third kappa shape index (κ3) is 13.0. The third-order valence-corrected chi connectivity index (χ3v) is 7.57. The van der Waals surface area contributed by atoms with E-state index in [1.54, 1.807) is 6.92 Å². The fourth-order valence-corrected chi connectivity index (χ4v) is 4.71. The number of alkyl halides is 2. The Labute approximate surface area is 252 Å². The van der Waals surface area contributed by atoms with Crippen LogP contribution in [0.15, 0.2) is 0 Å². The summed E-state index contributed by atoms with van der Waals surface area (Å²) >= 11 is 0. The van der Waals surface area contributed by atoms with Crippen LogP contribution in [0.1, 0.15) is 105 Å². The van der Waals surface area contributed by atoms with E-state index in [9.17, 15) is 9.90 Å². The summed E-state index contributed by atoms with van der Waals surface area (Å²) in [6.45, 7) is 10.3. The summed E-state index contributed by atoms with van der Waals surface area (Å²) in [7, 11) is 0. The fraction of sp³-hybridized carbons (Fsp3) is 0.968. The predicted molar refractivity (Wildman–Crippen MR) is 158 cm³/mol. The molecular weight excluding hydrogens is 552 g/mol. The Bertz CT molecular complexity index is 704. The van der Waals surface area contributed by atoms with Crippen LogP contribution in [0.3, 0.4) is 0 Å². The van der Waals surface area contributed by atoms with E-state index in [0.717, 1.165) is 44.9 Å². The minimum absolute atomic E-state index is 0.0281. The Morgan fingerprint density at radius 3 is 2.00 bits per heavy atom. The molecule has 0 saturated carbocycles. The number of ether oxygens (including phenoxy) is 5. The maximum Gasteiger partial charge on any atom is 0.315 e. The Kier molecular flexibility index (Phi) is 20.2. The molecule has 6 atom stereocenters. The van der Waals surface area contributed by atoms with Gasteiger partial charge in [0.25, 0.3) is 5.79 Å². The number of hydrogen-bond acceptors (Lipinski definition) is 8. The molecule has 42 heavy (non-hydrogen) atoms. The van der Waals surface area contributed by atoms with Gasteiger partial charge in [0.1, 0.15) is 24.4 Å². The second-order valence-electron chi connectivity index (χ2n) is 11.4. The molecule has 1 rings (SSSR count). The van der Waals surface area contributed by atoms with Gasteiger partial charge >= 0.3 is 11.9 Å². The summed E-state index contributed by atoms with van der Waals surface area (Å²) in [5.74, 6) is -8.11. The molecule has 1 heterocycles. The number of halogens is 2. The normalized spacial score (nSPS) is 25.5. The topological polar surface area (TPSA) is 116 Å². The zero-order chi connectivity index (χ0) is 31.4. The highest BCUT2D eigenvalue weighted by Gasteiger charge is 2.67. The SMILES string of the molecule is CCCCOC[C@H]1O[C@@](O)(C(F)(F)CNCCCC[C@H](C)C(=O)O)[C@H](OCCCC)[C@@H](OCCCC)[C@H]1OCCCC. The first kappa shape index (κ1) is 39.1. The van der Waals surface area contributed by atoms with Crippen molar-refractivity contribution in [3.63, 3.8) is 0 Å². The molecule has 0 bridgehead atoms. The highest BCUT2D eigenvalue weighted by Crippen LogP contribution is 2.43. The molecule has 0 aromatic heterocycles. The van der Waals surface area contributed by atoms with E-state index in [0.29, 0.717) is 45.5 Å². The molecule has 1 aliphatic rings. The van der Waals surface area contributed by atoms with Crippen LogP contribution in [0.4, 0.5) is 8.78 Å². The minimum atomic E-state index is -3.75. The summed E-state index contributed by atoms with van der Waals surface area (Å²) in [5, 5.41) is 23.6. The molecule has 3 N–H and O–H groups in total. The van der Waals surface area contributed by atoms with Crippen LogP contribution in [-0.2, 0) is 28.5 Å². The first-order valence-electron chi connectivity index (χ1n) is 16.2. The van der Waals surface area contributed by atoms with E-state index in [-0.39, 0.29) is 19.8 Å². The van der Waals surface area contributed by atoms with Crippen molar-refractivity contribution >= 4 is 5.97 Å². The number of rotatable bonds is 26. The first-order valence-corrected chi connectivity index (χ1v) is 16.2. The molecule has 0 aromatic carbocycles. The molecule has 1 saturated heterocycles. The molecule has 0 aromatic rings. The average Bonchev–Trinajstić information content (AvgIpc) is 2.95. The fourth-order valence-electron chi connectivity index (χ4n) is 4.71. The van der Waals surface area contributed by atoms with Gasteiger partial charge in [0.15, 0.2) is 0 Å². The van der Waals surface area contributed by atoms with Crippen molar-refractivity contribution in [2.45, 2.75) is 141 Å². The molecular formula is C31H59F2NO8. The Morgan fingerprint density at radius 2 is 1.43 bits per heavy atom. The predicted octanol–water partition coefficient (Wildman–Crippen LogP) is 5.56. The van der Waals surface area contributed by atoms with Crippen molar-refractivity contribution < 1.29 is 47.5 Å². The van der Waals surface area contributed by atoms with E-state index in [1.807, 2.05) is 27.7 Å². The van der Waals surface area contributed by atoms with Crippen molar-refractivity contribution in [2.75, 3.05) is 46.1 Å². The van der Waals surface area contributed by atoms with Crippen molar-refractivity contribution in [1.29, 1.82) is 0 Å². The minimum Gasteiger partial charge on any atom is -0.481 e. The number of unbranched alkanes of at least 4 members (excludes halogenated alkanes) is 5. The molecule has 1 aliphatic heterocycles. The van der Waals surface area contributed by atoms with E-state index in [4.69, 9.17) is 28.8 Å². The Hall–Kier alpha value is -0.950. The van der Waals surface area contributed by atoms with Crippen molar-refractivity contribution in [3.8, 4) is 0 Å². The lowest BCUT2D eigenvalue weighted by Crippen LogP contribution is -2.74. The van der Waals surface area contributed by atoms with Crippen LogP contribution in [0.2, 0.25) is 0 Å². The number of aliphatic hydroxyl groups is 1. The van der Waals surface area contributed by atoms with Gasteiger partial charge in [0, 0.05) is 26.4 Å². The van der Waals surface area contributed by atoms with Crippen LogP contribution in [0.25, 0.3) is 0 Å². The quantitative estimate of drug-likeness (QED) is 0.108. The second kappa shape index (κ2) is 21.7. The van der Waals surface area contributed by atoms with Gasteiger partial charge in [-0.25, -0.2) is 0 Å². The maximum atomic E-state index is 16.1. The number of carboxylic acid groups (broad SMARTS) is 1. The second-order valence-corrected chi connectivity index (χ2v) is 11.4. The lowest BCUT2D eigenvalue weighted by Gasteiger charge is -2.52. The highest BCUT2D eigenvalue weighted by molar-refractivity contribution is 5.69.